The smallest absolute Gasteiger partial charge is 0.207 e. The average Bonchev–Trinajstić information content (AvgIpc) is 2.69. The van der Waals surface area contributed by atoms with Crippen molar-refractivity contribution in [3.8, 4) is 0 Å². The zero-order valence-electron chi connectivity index (χ0n) is 11.7. The van der Waals surface area contributed by atoms with Gasteiger partial charge in [0.15, 0.2) is 5.71 Å². The van der Waals surface area contributed by atoms with Gasteiger partial charge in [-0.15, -0.1) is 0 Å². The first kappa shape index (κ1) is 15.0. The molecule has 0 aromatic carbocycles. The molecule has 0 unspecified atom stereocenters. The molecule has 2 heterocycles. The lowest BCUT2D eigenvalue weighted by atomic mass is 10.0. The molecule has 2 rings (SSSR count). The monoisotopic (exact) mass is 308 g/mol. The van der Waals surface area contributed by atoms with Gasteiger partial charge in [0.05, 0.1) is 0 Å². The summed E-state index contributed by atoms with van der Waals surface area (Å²) in [5.41, 5.74) is 9.07. The van der Waals surface area contributed by atoms with E-state index in [1.54, 1.807) is 0 Å². The molecular weight excluding hydrogens is 288 g/mol. The number of aromatic nitrogens is 1. The second kappa shape index (κ2) is 5.70. The molecule has 1 aliphatic rings. The van der Waals surface area contributed by atoms with Crippen LogP contribution in [0, 0.1) is 13.8 Å². The van der Waals surface area contributed by atoms with E-state index in [2.05, 4.69) is 56.7 Å². The summed E-state index contributed by atoms with van der Waals surface area (Å²) in [6, 6.07) is 2.19. The molecule has 1 aromatic heterocycles. The van der Waals surface area contributed by atoms with Gasteiger partial charge in [0, 0.05) is 41.1 Å². The molecule has 0 radical (unpaired) electrons. The van der Waals surface area contributed by atoms with Crippen molar-refractivity contribution in [2.45, 2.75) is 41.0 Å². The second-order valence-corrected chi connectivity index (χ2v) is 4.80. The first-order valence-electron chi connectivity index (χ1n) is 6.22. The third kappa shape index (κ3) is 2.66. The molecule has 2 nitrogen and oxygen atoms in total. The maximum Gasteiger partial charge on any atom is 0.207 e. The Kier molecular flexibility index (Phi) is 4.74. The Bertz CT molecular complexity index is 545. The van der Waals surface area contributed by atoms with Crippen LogP contribution in [0.3, 0.4) is 0 Å². The molecule has 0 spiro atoms. The Morgan fingerprint density at radius 1 is 1.22 bits per heavy atom. The summed E-state index contributed by atoms with van der Waals surface area (Å²) in [7, 11) is 0. The Hall–Kier alpha value is -1.09. The lowest BCUT2D eigenvalue weighted by Crippen LogP contribution is -3.00. The second-order valence-electron chi connectivity index (χ2n) is 4.80. The molecule has 0 fully saturated rings. The van der Waals surface area contributed by atoms with E-state index in [0.29, 0.717) is 0 Å². The van der Waals surface area contributed by atoms with Gasteiger partial charge in [0.2, 0.25) is 5.70 Å². The van der Waals surface area contributed by atoms with Crippen LogP contribution in [0.2, 0.25) is 0 Å². The number of H-pyrrole nitrogens is 1. The van der Waals surface area contributed by atoms with Crippen LogP contribution in [0.25, 0.3) is 6.08 Å². The summed E-state index contributed by atoms with van der Waals surface area (Å²) < 4.78 is 0. The highest BCUT2D eigenvalue weighted by molar-refractivity contribution is 5.97. The van der Waals surface area contributed by atoms with Gasteiger partial charge in [-0.25, -0.2) is 4.99 Å². The van der Waals surface area contributed by atoms with Crippen LogP contribution in [-0.2, 0) is 0 Å². The quantitative estimate of drug-likeness (QED) is 0.721. The molecule has 1 aromatic rings. The van der Waals surface area contributed by atoms with E-state index in [1.165, 1.54) is 39.5 Å². The number of hydrogen-bond donors (Lipinski definition) is 2. The number of hydrogen-bond acceptors (Lipinski definition) is 0. The van der Waals surface area contributed by atoms with Crippen LogP contribution in [0.1, 0.15) is 44.1 Å². The summed E-state index contributed by atoms with van der Waals surface area (Å²) in [5, 5.41) is 0. The predicted octanol–water partition coefficient (Wildman–Crippen LogP) is -0.742. The van der Waals surface area contributed by atoms with Crippen molar-refractivity contribution in [2.75, 3.05) is 0 Å². The minimum Gasteiger partial charge on any atom is -1.00 e. The van der Waals surface area contributed by atoms with Gasteiger partial charge in [-0.2, -0.15) is 0 Å². The standard InChI is InChI=1S/C15H20N2.BrH/c1-6-14-10(3)15(17-12(14)5)8-13-7-9(2)16-11(13)4;/h7-8,16H,6H2,1-5H3;1H. The molecule has 98 valence electrons. The summed E-state index contributed by atoms with van der Waals surface area (Å²) in [4.78, 5) is 6.82. The number of halogens is 1. The molecule has 0 bridgehead atoms. The Balaban J connectivity index is 0.00000162. The van der Waals surface area contributed by atoms with Crippen LogP contribution >= 0.6 is 0 Å². The summed E-state index contributed by atoms with van der Waals surface area (Å²) in [6.45, 7) is 10.8. The lowest BCUT2D eigenvalue weighted by Gasteiger charge is -1.94. The SMILES string of the molecule is CCC1=C(C)C(=Cc2cc(C)[nH]c2C)[NH+]=C1C.[Br-]. The Labute approximate surface area is 120 Å². The van der Waals surface area contributed by atoms with Crippen LogP contribution in [0.5, 0.6) is 0 Å². The summed E-state index contributed by atoms with van der Waals surface area (Å²) in [6.07, 6.45) is 3.33. The van der Waals surface area contributed by atoms with Crippen LogP contribution in [-0.4, -0.2) is 10.7 Å². The van der Waals surface area contributed by atoms with Crippen molar-refractivity contribution < 1.29 is 22.0 Å². The predicted molar refractivity (Wildman–Crippen MR) is 72.9 cm³/mol. The van der Waals surface area contributed by atoms with Crippen LogP contribution < -0.4 is 22.0 Å². The van der Waals surface area contributed by atoms with E-state index in [9.17, 15) is 0 Å². The van der Waals surface area contributed by atoms with Gasteiger partial charge in [-0.1, -0.05) is 6.92 Å². The minimum absolute atomic E-state index is 0. The lowest BCUT2D eigenvalue weighted by molar-refractivity contribution is -0.386. The van der Waals surface area contributed by atoms with E-state index >= 15 is 0 Å². The van der Waals surface area contributed by atoms with Crippen molar-refractivity contribution in [2.24, 2.45) is 0 Å². The molecule has 0 amide bonds. The number of aromatic amines is 1. The molecule has 0 aliphatic carbocycles. The zero-order chi connectivity index (χ0) is 12.6. The third-order valence-corrected chi connectivity index (χ3v) is 3.47. The minimum atomic E-state index is 0. The van der Waals surface area contributed by atoms with Gasteiger partial charge >= 0.3 is 0 Å². The highest BCUT2D eigenvalue weighted by atomic mass is 79.9. The Morgan fingerprint density at radius 2 is 1.89 bits per heavy atom. The number of nitrogens with one attached hydrogen (secondary N) is 2. The molecule has 0 atom stereocenters. The fourth-order valence-electron chi connectivity index (χ4n) is 2.54. The van der Waals surface area contributed by atoms with Gasteiger partial charge in [0.25, 0.3) is 0 Å². The number of allylic oxidation sites excluding steroid dienone is 2. The van der Waals surface area contributed by atoms with Gasteiger partial charge in [0.1, 0.15) is 0 Å². The fourth-order valence-corrected chi connectivity index (χ4v) is 2.54. The van der Waals surface area contributed by atoms with Gasteiger partial charge in [-0.05, 0) is 33.3 Å². The molecule has 0 saturated carbocycles. The first-order valence-corrected chi connectivity index (χ1v) is 6.22. The molecule has 2 N–H and O–H groups in total. The largest absolute Gasteiger partial charge is 1.00 e. The molecule has 18 heavy (non-hydrogen) atoms. The maximum absolute atomic E-state index is 3.48. The molecule has 1 aliphatic heterocycles. The van der Waals surface area contributed by atoms with E-state index in [1.807, 2.05) is 0 Å². The highest BCUT2D eigenvalue weighted by Gasteiger charge is 2.23. The van der Waals surface area contributed by atoms with Crippen molar-refractivity contribution in [1.82, 2.24) is 4.98 Å². The van der Waals surface area contributed by atoms with E-state index < -0.39 is 0 Å². The van der Waals surface area contributed by atoms with Crippen molar-refractivity contribution in [3.05, 3.63) is 39.9 Å². The number of rotatable bonds is 2. The Morgan fingerprint density at radius 3 is 2.33 bits per heavy atom. The fraction of sp³-hybridized carbons (Fsp3) is 0.400. The van der Waals surface area contributed by atoms with E-state index in [4.69, 9.17) is 0 Å². The molecular formula is C15H21BrN2. The topological polar surface area (TPSA) is 29.8 Å². The normalized spacial score (nSPS) is 17.2. The van der Waals surface area contributed by atoms with Crippen molar-refractivity contribution in [1.29, 1.82) is 0 Å². The van der Waals surface area contributed by atoms with Crippen molar-refractivity contribution in [3.63, 3.8) is 0 Å². The van der Waals surface area contributed by atoms with Crippen LogP contribution in [0.15, 0.2) is 22.9 Å². The van der Waals surface area contributed by atoms with E-state index in [-0.39, 0.29) is 17.0 Å². The molecule has 0 saturated heterocycles. The first-order chi connectivity index (χ1) is 8.02. The van der Waals surface area contributed by atoms with E-state index in [0.717, 1.165) is 6.42 Å². The highest BCUT2D eigenvalue weighted by Crippen LogP contribution is 2.20. The van der Waals surface area contributed by atoms with Crippen molar-refractivity contribution >= 4 is 11.8 Å². The summed E-state index contributed by atoms with van der Waals surface area (Å²) in [5.74, 6) is 0. The van der Waals surface area contributed by atoms with Gasteiger partial charge < -0.3 is 22.0 Å². The van der Waals surface area contributed by atoms with Gasteiger partial charge in [-0.3, -0.25) is 0 Å². The average molecular weight is 309 g/mol. The van der Waals surface area contributed by atoms with Crippen LogP contribution in [0.4, 0.5) is 0 Å². The number of aryl methyl sites for hydroxylation is 2. The molecule has 3 heteroatoms. The zero-order valence-corrected chi connectivity index (χ0v) is 13.3. The summed E-state index contributed by atoms with van der Waals surface area (Å²) >= 11 is 0. The third-order valence-electron chi connectivity index (χ3n) is 3.47. The maximum atomic E-state index is 3.48.